The second kappa shape index (κ2) is 6.76. The topological polar surface area (TPSA) is 70.0 Å². The quantitative estimate of drug-likeness (QED) is 0.346. The van der Waals surface area contributed by atoms with Gasteiger partial charge in [-0.1, -0.05) is 22.8 Å². The summed E-state index contributed by atoms with van der Waals surface area (Å²) in [4.78, 5) is 2.66. The van der Waals surface area contributed by atoms with Gasteiger partial charge in [0.05, 0.1) is 17.3 Å². The van der Waals surface area contributed by atoms with Crippen LogP contribution in [0.25, 0.3) is 21.6 Å². The lowest BCUT2D eigenvalue weighted by Gasteiger charge is -2.29. The van der Waals surface area contributed by atoms with Crippen LogP contribution in [0.1, 0.15) is 11.1 Å². The van der Waals surface area contributed by atoms with Gasteiger partial charge in [0.2, 0.25) is 0 Å². The molecule has 0 radical (unpaired) electrons. The Morgan fingerprint density at radius 3 is 2.73 bits per heavy atom. The Hall–Kier alpha value is -2.93. The van der Waals surface area contributed by atoms with E-state index in [1.807, 2.05) is 0 Å². The highest BCUT2D eigenvalue weighted by Gasteiger charge is 2.35. The van der Waals surface area contributed by atoms with Gasteiger partial charge in [0, 0.05) is 23.1 Å². The van der Waals surface area contributed by atoms with E-state index in [2.05, 4.69) is 15.3 Å². The molecule has 1 unspecified atom stereocenters. The molecule has 3 rings (SSSR count). The standard InChI is InChI=1S/C17H14F4N4O/c1-9-2-3-12(14(4-9)17(19,20)21)13-5-10(18)6-15-16(13)24-11(8-26-15)7-23-25-22/h2-6,11,24H,7-8H2,1H3. The molecule has 0 aliphatic carbocycles. The van der Waals surface area contributed by atoms with Gasteiger partial charge in [0.25, 0.3) is 0 Å². The average Bonchev–Trinajstić information content (AvgIpc) is 2.58. The Balaban J connectivity index is 2.16. The predicted octanol–water partition coefficient (Wildman–Crippen LogP) is 5.30. The zero-order chi connectivity index (χ0) is 18.9. The molecule has 2 aromatic carbocycles. The van der Waals surface area contributed by atoms with E-state index in [-0.39, 0.29) is 35.7 Å². The molecule has 1 aliphatic heterocycles. The Morgan fingerprint density at radius 1 is 1.27 bits per heavy atom. The Labute approximate surface area is 146 Å². The van der Waals surface area contributed by atoms with Crippen molar-refractivity contribution in [3.05, 3.63) is 57.7 Å². The van der Waals surface area contributed by atoms with Gasteiger partial charge < -0.3 is 10.1 Å². The summed E-state index contributed by atoms with van der Waals surface area (Å²) in [5.41, 5.74) is 8.14. The number of alkyl halides is 3. The van der Waals surface area contributed by atoms with E-state index in [1.54, 1.807) is 6.92 Å². The maximum Gasteiger partial charge on any atom is 0.417 e. The lowest BCUT2D eigenvalue weighted by atomic mass is 9.95. The smallest absolute Gasteiger partial charge is 0.417 e. The van der Waals surface area contributed by atoms with Crippen molar-refractivity contribution in [1.82, 2.24) is 0 Å². The maximum absolute atomic E-state index is 14.0. The molecular formula is C17H14F4N4O. The lowest BCUT2D eigenvalue weighted by molar-refractivity contribution is -0.137. The average molecular weight is 366 g/mol. The molecule has 1 atom stereocenters. The Bertz CT molecular complexity index is 891. The normalized spacial score (nSPS) is 16.1. The number of halogens is 4. The largest absolute Gasteiger partial charge is 0.489 e. The van der Waals surface area contributed by atoms with Crippen molar-refractivity contribution >= 4 is 5.69 Å². The van der Waals surface area contributed by atoms with Gasteiger partial charge in [-0.15, -0.1) is 0 Å². The van der Waals surface area contributed by atoms with Gasteiger partial charge in [-0.2, -0.15) is 13.2 Å². The van der Waals surface area contributed by atoms with E-state index in [0.717, 1.165) is 18.2 Å². The van der Waals surface area contributed by atoms with Gasteiger partial charge in [0.15, 0.2) is 0 Å². The molecule has 136 valence electrons. The second-order valence-electron chi connectivity index (χ2n) is 5.94. The molecule has 5 nitrogen and oxygen atoms in total. The van der Waals surface area contributed by atoms with Crippen LogP contribution in [-0.4, -0.2) is 19.2 Å². The van der Waals surface area contributed by atoms with Crippen molar-refractivity contribution in [2.45, 2.75) is 19.1 Å². The number of rotatable bonds is 3. The van der Waals surface area contributed by atoms with E-state index in [9.17, 15) is 17.6 Å². The van der Waals surface area contributed by atoms with Crippen molar-refractivity contribution in [1.29, 1.82) is 0 Å². The number of aryl methyl sites for hydroxylation is 1. The first-order valence-corrected chi connectivity index (χ1v) is 7.71. The third-order valence-electron chi connectivity index (χ3n) is 3.99. The number of hydrogen-bond donors (Lipinski definition) is 1. The minimum atomic E-state index is -4.60. The minimum Gasteiger partial charge on any atom is -0.489 e. The molecule has 0 aromatic heterocycles. The van der Waals surface area contributed by atoms with E-state index in [0.29, 0.717) is 5.56 Å². The number of nitrogens with one attached hydrogen (secondary N) is 1. The maximum atomic E-state index is 14.0. The van der Waals surface area contributed by atoms with Crippen LogP contribution < -0.4 is 10.1 Å². The van der Waals surface area contributed by atoms with E-state index in [1.165, 1.54) is 12.1 Å². The fourth-order valence-electron chi connectivity index (χ4n) is 2.85. The van der Waals surface area contributed by atoms with Crippen LogP contribution in [0.5, 0.6) is 5.75 Å². The van der Waals surface area contributed by atoms with Crippen molar-refractivity contribution < 1.29 is 22.3 Å². The molecule has 0 spiro atoms. The first-order chi connectivity index (χ1) is 12.3. The third-order valence-corrected chi connectivity index (χ3v) is 3.99. The van der Waals surface area contributed by atoms with Gasteiger partial charge in [0.1, 0.15) is 18.2 Å². The molecule has 26 heavy (non-hydrogen) atoms. The van der Waals surface area contributed by atoms with Crippen molar-refractivity contribution in [3.8, 4) is 16.9 Å². The van der Waals surface area contributed by atoms with Gasteiger partial charge in [-0.25, -0.2) is 4.39 Å². The number of azide groups is 1. The number of benzene rings is 2. The molecule has 1 aliphatic rings. The molecule has 0 fully saturated rings. The molecule has 1 N–H and O–H groups in total. The number of anilines is 1. The fourth-order valence-corrected chi connectivity index (χ4v) is 2.85. The zero-order valence-electron chi connectivity index (χ0n) is 13.6. The van der Waals surface area contributed by atoms with Gasteiger partial charge in [-0.05, 0) is 30.2 Å². The van der Waals surface area contributed by atoms with Crippen LogP contribution in [0, 0.1) is 12.7 Å². The summed E-state index contributed by atoms with van der Waals surface area (Å²) in [5, 5.41) is 6.44. The zero-order valence-corrected chi connectivity index (χ0v) is 13.6. The summed E-state index contributed by atoms with van der Waals surface area (Å²) in [6.07, 6.45) is -4.60. The summed E-state index contributed by atoms with van der Waals surface area (Å²) in [6, 6.07) is 5.58. The van der Waals surface area contributed by atoms with Crippen LogP contribution in [0.3, 0.4) is 0 Å². The number of fused-ring (bicyclic) bond motifs is 1. The molecule has 2 aromatic rings. The lowest BCUT2D eigenvalue weighted by Crippen LogP contribution is -2.34. The highest BCUT2D eigenvalue weighted by Crippen LogP contribution is 2.44. The summed E-state index contributed by atoms with van der Waals surface area (Å²) < 4.78 is 59.9. The minimum absolute atomic E-state index is 0.0398. The summed E-state index contributed by atoms with van der Waals surface area (Å²) in [7, 11) is 0. The van der Waals surface area contributed by atoms with Crippen LogP contribution >= 0.6 is 0 Å². The number of nitrogens with zero attached hydrogens (tertiary/aromatic N) is 3. The fraction of sp³-hybridized carbons (Fsp3) is 0.294. The first-order valence-electron chi connectivity index (χ1n) is 7.71. The van der Waals surface area contributed by atoms with Crippen molar-refractivity contribution in [3.63, 3.8) is 0 Å². The molecule has 0 bridgehead atoms. The monoisotopic (exact) mass is 366 g/mol. The van der Waals surface area contributed by atoms with Gasteiger partial charge >= 0.3 is 6.18 Å². The summed E-state index contributed by atoms with van der Waals surface area (Å²) >= 11 is 0. The predicted molar refractivity (Wildman–Crippen MR) is 88.5 cm³/mol. The highest BCUT2D eigenvalue weighted by atomic mass is 19.4. The molecule has 0 saturated carbocycles. The molecular weight excluding hydrogens is 352 g/mol. The van der Waals surface area contributed by atoms with Crippen LogP contribution in [-0.2, 0) is 6.18 Å². The van der Waals surface area contributed by atoms with Crippen LogP contribution in [0.2, 0.25) is 0 Å². The summed E-state index contributed by atoms with van der Waals surface area (Å²) in [5.74, 6) is -0.589. The van der Waals surface area contributed by atoms with Crippen molar-refractivity contribution in [2.75, 3.05) is 18.5 Å². The molecule has 0 saturated heterocycles. The summed E-state index contributed by atoms with van der Waals surface area (Å²) in [6.45, 7) is 1.71. The molecule has 0 amide bonds. The van der Waals surface area contributed by atoms with E-state index in [4.69, 9.17) is 10.3 Å². The Morgan fingerprint density at radius 2 is 2.04 bits per heavy atom. The second-order valence-corrected chi connectivity index (χ2v) is 5.94. The van der Waals surface area contributed by atoms with Crippen LogP contribution in [0.4, 0.5) is 23.2 Å². The third kappa shape index (κ3) is 3.52. The van der Waals surface area contributed by atoms with Crippen molar-refractivity contribution in [2.24, 2.45) is 5.11 Å². The van der Waals surface area contributed by atoms with Gasteiger partial charge in [-0.3, -0.25) is 0 Å². The highest BCUT2D eigenvalue weighted by molar-refractivity contribution is 5.85. The Kier molecular flexibility index (Phi) is 4.65. The molecule has 9 heteroatoms. The first kappa shape index (κ1) is 17.9. The SMILES string of the molecule is Cc1ccc(-c2cc(F)cc3c2NC(CN=[N+]=[N-])CO3)c(C(F)(F)F)c1. The number of hydrogen-bond acceptors (Lipinski definition) is 3. The van der Waals surface area contributed by atoms with E-state index < -0.39 is 23.6 Å². The molecule has 1 heterocycles. The van der Waals surface area contributed by atoms with Crippen LogP contribution in [0.15, 0.2) is 35.4 Å². The number of ether oxygens (including phenoxy) is 1. The van der Waals surface area contributed by atoms with E-state index >= 15 is 0 Å².